The molecule has 1 aliphatic carbocycles. The van der Waals surface area contributed by atoms with Crippen molar-refractivity contribution in [3.8, 4) is 0 Å². The number of hydrogen-bond donors (Lipinski definition) is 1. The van der Waals surface area contributed by atoms with Crippen LogP contribution >= 0.6 is 0 Å². The van der Waals surface area contributed by atoms with E-state index in [1.165, 1.54) is 32.2 Å². The minimum absolute atomic E-state index is 0.0546. The fourth-order valence-electron chi connectivity index (χ4n) is 3.85. The number of amides is 1. The zero-order valence-electron chi connectivity index (χ0n) is 13.2. The van der Waals surface area contributed by atoms with Crippen molar-refractivity contribution in [3.63, 3.8) is 0 Å². The van der Waals surface area contributed by atoms with Gasteiger partial charge in [0.05, 0.1) is 5.92 Å². The van der Waals surface area contributed by atoms with Gasteiger partial charge in [-0.05, 0) is 38.8 Å². The van der Waals surface area contributed by atoms with Crippen molar-refractivity contribution in [2.75, 3.05) is 26.7 Å². The molecule has 1 saturated heterocycles. The molecule has 2 N–H and O–H groups in total. The number of rotatable bonds is 4. The Balaban J connectivity index is 1.90. The topological polar surface area (TPSA) is 49.6 Å². The van der Waals surface area contributed by atoms with Crippen LogP contribution in [0.4, 0.5) is 0 Å². The number of likely N-dealkylation sites (N-methyl/N-ethyl adjacent to an activating group) is 2. The number of nitrogens with two attached hydrogens (primary N) is 1. The average molecular weight is 281 g/mol. The Morgan fingerprint density at radius 2 is 1.95 bits per heavy atom. The molecule has 1 aliphatic heterocycles. The summed E-state index contributed by atoms with van der Waals surface area (Å²) in [6, 6.07) is 0.620. The summed E-state index contributed by atoms with van der Waals surface area (Å²) in [6.45, 7) is 5.36. The molecular formula is C16H31N3O. The van der Waals surface area contributed by atoms with Crippen molar-refractivity contribution < 1.29 is 4.79 Å². The molecule has 116 valence electrons. The second-order valence-electron chi connectivity index (χ2n) is 6.55. The molecule has 2 rings (SSSR count). The third-order valence-electron chi connectivity index (χ3n) is 5.15. The minimum atomic E-state index is 0.0546. The average Bonchev–Trinajstić information content (AvgIpc) is 2.77. The summed E-state index contributed by atoms with van der Waals surface area (Å²) in [5, 5.41) is 0. The van der Waals surface area contributed by atoms with E-state index in [2.05, 4.69) is 11.8 Å². The van der Waals surface area contributed by atoms with Gasteiger partial charge in [-0.15, -0.1) is 0 Å². The quantitative estimate of drug-likeness (QED) is 0.800. The van der Waals surface area contributed by atoms with E-state index in [1.54, 1.807) is 0 Å². The van der Waals surface area contributed by atoms with Crippen LogP contribution in [0, 0.1) is 5.92 Å². The molecule has 1 heterocycles. The van der Waals surface area contributed by atoms with E-state index < -0.39 is 0 Å². The predicted octanol–water partition coefficient (Wildman–Crippen LogP) is 1.84. The van der Waals surface area contributed by atoms with Crippen LogP contribution in [0.15, 0.2) is 0 Å². The maximum absolute atomic E-state index is 12.7. The molecule has 1 amide bonds. The van der Waals surface area contributed by atoms with Gasteiger partial charge >= 0.3 is 0 Å². The van der Waals surface area contributed by atoms with Crippen molar-refractivity contribution in [3.05, 3.63) is 0 Å². The normalized spacial score (nSPS) is 32.0. The van der Waals surface area contributed by atoms with Gasteiger partial charge in [-0.1, -0.05) is 26.2 Å². The van der Waals surface area contributed by atoms with Gasteiger partial charge in [0.2, 0.25) is 5.91 Å². The Hall–Kier alpha value is -0.610. The summed E-state index contributed by atoms with van der Waals surface area (Å²) < 4.78 is 0. The van der Waals surface area contributed by atoms with Crippen molar-refractivity contribution >= 4 is 5.91 Å². The Morgan fingerprint density at radius 1 is 1.20 bits per heavy atom. The molecule has 0 aromatic heterocycles. The first-order valence-corrected chi connectivity index (χ1v) is 8.38. The summed E-state index contributed by atoms with van der Waals surface area (Å²) in [4.78, 5) is 17.1. The lowest BCUT2D eigenvalue weighted by molar-refractivity contribution is -0.135. The molecule has 0 spiro atoms. The highest BCUT2D eigenvalue weighted by Gasteiger charge is 2.31. The Morgan fingerprint density at radius 3 is 2.70 bits per heavy atom. The standard InChI is InChI=1S/C16H31N3O/c1-3-19-11-7-8-13(19)12-18(2)16(20)14-9-5-4-6-10-15(14)17/h13-15H,3-12,17H2,1-2H3. The maximum atomic E-state index is 12.7. The molecule has 2 aliphatic rings. The fraction of sp³-hybridized carbons (Fsp3) is 0.938. The number of nitrogens with zero attached hydrogens (tertiary/aromatic N) is 2. The third kappa shape index (κ3) is 3.73. The smallest absolute Gasteiger partial charge is 0.227 e. The first-order valence-electron chi connectivity index (χ1n) is 8.38. The molecule has 4 nitrogen and oxygen atoms in total. The van der Waals surface area contributed by atoms with Crippen molar-refractivity contribution in [2.24, 2.45) is 11.7 Å². The zero-order chi connectivity index (χ0) is 14.5. The lowest BCUT2D eigenvalue weighted by Gasteiger charge is -2.31. The molecule has 4 heteroatoms. The second-order valence-corrected chi connectivity index (χ2v) is 6.55. The largest absolute Gasteiger partial charge is 0.344 e. The Bertz CT molecular complexity index is 321. The highest BCUT2D eigenvalue weighted by Crippen LogP contribution is 2.25. The van der Waals surface area contributed by atoms with E-state index in [0.29, 0.717) is 6.04 Å². The highest BCUT2D eigenvalue weighted by atomic mass is 16.2. The van der Waals surface area contributed by atoms with Crippen molar-refractivity contribution in [2.45, 2.75) is 64.0 Å². The molecule has 0 aromatic rings. The molecule has 0 aromatic carbocycles. The molecule has 1 saturated carbocycles. The summed E-state index contributed by atoms with van der Waals surface area (Å²) in [5.74, 6) is 0.335. The van der Waals surface area contributed by atoms with Gasteiger partial charge in [0, 0.05) is 25.7 Å². The van der Waals surface area contributed by atoms with Crippen LogP contribution in [0.1, 0.15) is 51.9 Å². The van der Waals surface area contributed by atoms with Gasteiger partial charge in [-0.3, -0.25) is 9.69 Å². The number of carbonyl (C=O) groups is 1. The first kappa shape index (κ1) is 15.8. The van der Waals surface area contributed by atoms with Crippen LogP contribution in [0.5, 0.6) is 0 Å². The second kappa shape index (κ2) is 7.41. The van der Waals surface area contributed by atoms with Crippen molar-refractivity contribution in [1.82, 2.24) is 9.80 Å². The van der Waals surface area contributed by atoms with E-state index in [-0.39, 0.29) is 17.9 Å². The van der Waals surface area contributed by atoms with Gasteiger partial charge in [-0.2, -0.15) is 0 Å². The molecule has 20 heavy (non-hydrogen) atoms. The van der Waals surface area contributed by atoms with Crippen LogP contribution < -0.4 is 5.73 Å². The highest BCUT2D eigenvalue weighted by molar-refractivity contribution is 5.79. The van der Waals surface area contributed by atoms with Crippen LogP contribution in [-0.2, 0) is 4.79 Å². The summed E-state index contributed by atoms with van der Waals surface area (Å²) >= 11 is 0. The van der Waals surface area contributed by atoms with Crippen LogP contribution in [-0.4, -0.2) is 54.5 Å². The maximum Gasteiger partial charge on any atom is 0.227 e. The van der Waals surface area contributed by atoms with Gasteiger partial charge in [-0.25, -0.2) is 0 Å². The molecule has 3 atom stereocenters. The number of likely N-dealkylation sites (tertiary alicyclic amines) is 1. The van der Waals surface area contributed by atoms with Crippen LogP contribution in [0.2, 0.25) is 0 Å². The van der Waals surface area contributed by atoms with Crippen molar-refractivity contribution in [1.29, 1.82) is 0 Å². The zero-order valence-corrected chi connectivity index (χ0v) is 13.2. The Kier molecular flexibility index (Phi) is 5.85. The monoisotopic (exact) mass is 281 g/mol. The molecule has 0 bridgehead atoms. The van der Waals surface area contributed by atoms with Gasteiger partial charge in [0.25, 0.3) is 0 Å². The van der Waals surface area contributed by atoms with E-state index in [4.69, 9.17) is 5.73 Å². The minimum Gasteiger partial charge on any atom is -0.344 e. The predicted molar refractivity (Wildman–Crippen MR) is 82.5 cm³/mol. The van der Waals surface area contributed by atoms with Crippen LogP contribution in [0.25, 0.3) is 0 Å². The Labute approximate surface area is 123 Å². The molecule has 3 unspecified atom stereocenters. The van der Waals surface area contributed by atoms with Gasteiger partial charge in [0.15, 0.2) is 0 Å². The summed E-state index contributed by atoms with van der Waals surface area (Å²) in [6.07, 6.45) is 8.05. The summed E-state index contributed by atoms with van der Waals surface area (Å²) in [5.41, 5.74) is 6.22. The molecule has 0 radical (unpaired) electrons. The van der Waals surface area contributed by atoms with Gasteiger partial charge in [0.1, 0.15) is 0 Å². The van der Waals surface area contributed by atoms with E-state index in [1.807, 2.05) is 11.9 Å². The van der Waals surface area contributed by atoms with E-state index in [0.717, 1.165) is 32.4 Å². The lowest BCUT2D eigenvalue weighted by Crippen LogP contribution is -2.46. The first-order chi connectivity index (χ1) is 9.63. The molecular weight excluding hydrogens is 250 g/mol. The fourth-order valence-corrected chi connectivity index (χ4v) is 3.85. The number of carbonyl (C=O) groups excluding carboxylic acids is 1. The third-order valence-corrected chi connectivity index (χ3v) is 5.15. The number of hydrogen-bond acceptors (Lipinski definition) is 3. The lowest BCUT2D eigenvalue weighted by atomic mass is 9.94. The van der Waals surface area contributed by atoms with E-state index >= 15 is 0 Å². The van der Waals surface area contributed by atoms with E-state index in [9.17, 15) is 4.79 Å². The molecule has 2 fully saturated rings. The van der Waals surface area contributed by atoms with Crippen LogP contribution in [0.3, 0.4) is 0 Å². The SMILES string of the molecule is CCN1CCCC1CN(C)C(=O)C1CCCCCC1N. The van der Waals surface area contributed by atoms with Gasteiger partial charge < -0.3 is 10.6 Å². The summed E-state index contributed by atoms with van der Waals surface area (Å²) in [7, 11) is 1.96.